The summed E-state index contributed by atoms with van der Waals surface area (Å²) in [5.74, 6) is -4.93. The number of hydrogen-bond acceptors (Lipinski definition) is 7. The van der Waals surface area contributed by atoms with Gasteiger partial charge < -0.3 is 37.6 Å². The van der Waals surface area contributed by atoms with E-state index in [4.69, 9.17) is 16.6 Å². The fourth-order valence-corrected chi connectivity index (χ4v) is 2.63. The van der Waals surface area contributed by atoms with Gasteiger partial charge in [0.2, 0.25) is 23.6 Å². The third kappa shape index (κ3) is 9.75. The van der Waals surface area contributed by atoms with Crippen molar-refractivity contribution in [2.75, 3.05) is 6.61 Å². The molecule has 0 aliphatic heterocycles. The highest BCUT2D eigenvalue weighted by atomic mass is 16.4. The number of primary amides is 1. The molecule has 12 nitrogen and oxygen atoms in total. The SMILES string of the molecule is CCC(C)C(NC(=O)C(CCC(N)=O)NC(=O)C(N)CO)C(=O)NC(C(=O)O)C(C)C. The van der Waals surface area contributed by atoms with Gasteiger partial charge in [0, 0.05) is 6.42 Å². The lowest BCUT2D eigenvalue weighted by Gasteiger charge is -2.28. The van der Waals surface area contributed by atoms with Crippen molar-refractivity contribution in [1.82, 2.24) is 16.0 Å². The van der Waals surface area contributed by atoms with Crippen molar-refractivity contribution in [3.05, 3.63) is 0 Å². The van der Waals surface area contributed by atoms with Crippen molar-refractivity contribution >= 4 is 29.6 Å². The number of carboxylic acids is 1. The molecule has 0 aromatic rings. The smallest absolute Gasteiger partial charge is 0.326 e. The standard InChI is InChI=1S/C19H35N5O7/c1-5-10(4)15(18(29)23-14(9(2)3)19(30)31)24-17(28)12(6-7-13(21)26)22-16(27)11(20)8-25/h9-12,14-15,25H,5-8,20H2,1-4H3,(H2,21,26)(H,22,27)(H,23,29)(H,24,28)(H,30,31). The molecule has 0 aromatic heterocycles. The zero-order chi connectivity index (χ0) is 24.3. The van der Waals surface area contributed by atoms with Crippen molar-refractivity contribution in [1.29, 1.82) is 0 Å². The predicted molar refractivity (Wildman–Crippen MR) is 111 cm³/mol. The van der Waals surface area contributed by atoms with Gasteiger partial charge in [-0.3, -0.25) is 19.2 Å². The van der Waals surface area contributed by atoms with Crippen LogP contribution in [0.1, 0.15) is 47.0 Å². The number of carbonyl (C=O) groups is 5. The highest BCUT2D eigenvalue weighted by Crippen LogP contribution is 2.11. The molecule has 0 aliphatic rings. The van der Waals surface area contributed by atoms with E-state index in [2.05, 4.69) is 16.0 Å². The first kappa shape index (κ1) is 28.3. The van der Waals surface area contributed by atoms with E-state index in [-0.39, 0.29) is 18.8 Å². The van der Waals surface area contributed by atoms with Crippen LogP contribution in [0.25, 0.3) is 0 Å². The second-order valence-corrected chi connectivity index (χ2v) is 7.80. The van der Waals surface area contributed by atoms with Crippen LogP contribution in [0.5, 0.6) is 0 Å². The van der Waals surface area contributed by atoms with Crippen LogP contribution in [-0.4, -0.2) is 70.6 Å². The summed E-state index contributed by atoms with van der Waals surface area (Å²) in [6.07, 6.45) is 0.122. The number of carbonyl (C=O) groups excluding carboxylic acids is 4. The van der Waals surface area contributed by atoms with Gasteiger partial charge in [0.05, 0.1) is 6.61 Å². The fourth-order valence-electron chi connectivity index (χ4n) is 2.63. The predicted octanol–water partition coefficient (Wildman–Crippen LogP) is -2.19. The van der Waals surface area contributed by atoms with Crippen LogP contribution in [0.15, 0.2) is 0 Å². The van der Waals surface area contributed by atoms with E-state index < -0.39 is 66.3 Å². The van der Waals surface area contributed by atoms with Gasteiger partial charge in [-0.1, -0.05) is 34.1 Å². The van der Waals surface area contributed by atoms with Gasteiger partial charge in [0.15, 0.2) is 0 Å². The van der Waals surface area contributed by atoms with E-state index >= 15 is 0 Å². The molecule has 0 saturated heterocycles. The molecule has 0 bridgehead atoms. The van der Waals surface area contributed by atoms with Crippen LogP contribution in [0.3, 0.4) is 0 Å². The summed E-state index contributed by atoms with van der Waals surface area (Å²) >= 11 is 0. The molecule has 9 N–H and O–H groups in total. The highest BCUT2D eigenvalue weighted by Gasteiger charge is 2.33. The average Bonchev–Trinajstić information content (AvgIpc) is 2.70. The van der Waals surface area contributed by atoms with Crippen molar-refractivity contribution in [3.8, 4) is 0 Å². The third-order valence-electron chi connectivity index (χ3n) is 4.87. The Balaban J connectivity index is 5.56. The summed E-state index contributed by atoms with van der Waals surface area (Å²) in [5, 5.41) is 25.6. The largest absolute Gasteiger partial charge is 0.480 e. The molecular weight excluding hydrogens is 410 g/mol. The molecule has 0 radical (unpaired) electrons. The third-order valence-corrected chi connectivity index (χ3v) is 4.87. The number of nitrogens with one attached hydrogen (secondary N) is 3. The van der Waals surface area contributed by atoms with E-state index in [1.165, 1.54) is 0 Å². The zero-order valence-electron chi connectivity index (χ0n) is 18.4. The van der Waals surface area contributed by atoms with Crippen LogP contribution < -0.4 is 27.4 Å². The second kappa shape index (κ2) is 13.5. The summed E-state index contributed by atoms with van der Waals surface area (Å²) in [4.78, 5) is 60.1. The molecule has 0 aliphatic carbocycles. The topological polar surface area (TPSA) is 214 Å². The normalized spacial score (nSPS) is 15.8. The molecule has 0 rings (SSSR count). The minimum Gasteiger partial charge on any atom is -0.480 e. The van der Waals surface area contributed by atoms with Gasteiger partial charge in [0.25, 0.3) is 0 Å². The first-order valence-electron chi connectivity index (χ1n) is 10.1. The number of carboxylic acid groups (broad SMARTS) is 1. The molecule has 5 atom stereocenters. The van der Waals surface area contributed by atoms with Crippen LogP contribution >= 0.6 is 0 Å². The Kier molecular flexibility index (Phi) is 12.4. The van der Waals surface area contributed by atoms with E-state index in [1.54, 1.807) is 27.7 Å². The maximum absolute atomic E-state index is 12.8. The van der Waals surface area contributed by atoms with Crippen molar-refractivity contribution < 1.29 is 34.2 Å². The van der Waals surface area contributed by atoms with Gasteiger partial charge in [-0.25, -0.2) is 4.79 Å². The Bertz CT molecular complexity index is 656. The molecule has 4 amide bonds. The van der Waals surface area contributed by atoms with Gasteiger partial charge in [-0.2, -0.15) is 0 Å². The van der Waals surface area contributed by atoms with Gasteiger partial charge in [-0.05, 0) is 18.3 Å². The van der Waals surface area contributed by atoms with E-state index in [1.807, 2.05) is 0 Å². The van der Waals surface area contributed by atoms with Crippen LogP contribution in [-0.2, 0) is 24.0 Å². The number of nitrogens with two attached hydrogens (primary N) is 2. The molecule has 0 saturated carbocycles. The van der Waals surface area contributed by atoms with Crippen molar-refractivity contribution in [2.45, 2.75) is 71.1 Å². The van der Waals surface area contributed by atoms with Crippen molar-refractivity contribution in [2.24, 2.45) is 23.3 Å². The Morgan fingerprint density at radius 1 is 0.903 bits per heavy atom. The van der Waals surface area contributed by atoms with Crippen LogP contribution in [0.4, 0.5) is 0 Å². The summed E-state index contributed by atoms with van der Waals surface area (Å²) < 4.78 is 0. The lowest BCUT2D eigenvalue weighted by atomic mass is 9.96. The Morgan fingerprint density at radius 3 is 1.87 bits per heavy atom. The summed E-state index contributed by atoms with van der Waals surface area (Å²) in [6.45, 7) is 6.11. The lowest BCUT2D eigenvalue weighted by molar-refractivity contribution is -0.144. The molecule has 0 aromatic carbocycles. The van der Waals surface area contributed by atoms with Crippen LogP contribution in [0.2, 0.25) is 0 Å². The average molecular weight is 446 g/mol. The Hall–Kier alpha value is -2.73. The second-order valence-electron chi connectivity index (χ2n) is 7.80. The van der Waals surface area contributed by atoms with Gasteiger partial charge in [0.1, 0.15) is 24.2 Å². The summed E-state index contributed by atoms with van der Waals surface area (Å²) in [6, 6.07) is -4.75. The van der Waals surface area contributed by atoms with E-state index in [0.717, 1.165) is 0 Å². The molecule has 5 unspecified atom stereocenters. The molecule has 0 spiro atoms. The maximum atomic E-state index is 12.8. The van der Waals surface area contributed by atoms with Crippen LogP contribution in [0, 0.1) is 11.8 Å². The fraction of sp³-hybridized carbons (Fsp3) is 0.737. The molecule has 178 valence electrons. The molecule has 31 heavy (non-hydrogen) atoms. The minimum atomic E-state index is -1.28. The summed E-state index contributed by atoms with van der Waals surface area (Å²) in [5.41, 5.74) is 10.6. The summed E-state index contributed by atoms with van der Waals surface area (Å²) in [7, 11) is 0. The van der Waals surface area contributed by atoms with Gasteiger partial charge >= 0.3 is 5.97 Å². The number of aliphatic carboxylic acids is 1. The molecule has 0 fully saturated rings. The maximum Gasteiger partial charge on any atom is 0.326 e. The van der Waals surface area contributed by atoms with E-state index in [0.29, 0.717) is 6.42 Å². The minimum absolute atomic E-state index is 0.149. The first-order chi connectivity index (χ1) is 14.3. The Morgan fingerprint density at radius 2 is 1.45 bits per heavy atom. The number of aliphatic hydroxyl groups is 1. The van der Waals surface area contributed by atoms with Gasteiger partial charge in [-0.15, -0.1) is 0 Å². The quantitative estimate of drug-likeness (QED) is 0.155. The monoisotopic (exact) mass is 445 g/mol. The first-order valence-corrected chi connectivity index (χ1v) is 10.1. The number of aliphatic hydroxyl groups excluding tert-OH is 1. The highest BCUT2D eigenvalue weighted by molar-refractivity contribution is 5.94. The van der Waals surface area contributed by atoms with E-state index in [9.17, 15) is 29.1 Å². The molecule has 12 heteroatoms. The molecular formula is C19H35N5O7. The van der Waals surface area contributed by atoms with Crippen molar-refractivity contribution in [3.63, 3.8) is 0 Å². The lowest BCUT2D eigenvalue weighted by Crippen LogP contribution is -2.59. The zero-order valence-corrected chi connectivity index (χ0v) is 18.4. The molecule has 0 heterocycles. The Labute approximate surface area is 181 Å². The number of rotatable bonds is 14. The number of hydrogen-bond donors (Lipinski definition) is 7. The number of amides is 4.